The van der Waals surface area contributed by atoms with E-state index in [2.05, 4.69) is 5.16 Å². The number of likely N-dealkylation sites (tertiary alicyclic amines) is 1. The molecule has 1 aromatic rings. The predicted octanol–water partition coefficient (Wildman–Crippen LogP) is 1.39. The Labute approximate surface area is 126 Å². The molecular weight excluding hydrogens is 291 g/mol. The summed E-state index contributed by atoms with van der Waals surface area (Å²) in [6.07, 6.45) is 0.488. The van der Waals surface area contributed by atoms with E-state index in [0.717, 1.165) is 0 Å². The molecule has 3 rings (SSSR count). The van der Waals surface area contributed by atoms with Gasteiger partial charge < -0.3 is 14.8 Å². The van der Waals surface area contributed by atoms with Gasteiger partial charge in [0, 0.05) is 18.5 Å². The topological polar surface area (TPSA) is 79.2 Å². The van der Waals surface area contributed by atoms with Crippen molar-refractivity contribution >= 4 is 17.6 Å². The largest absolute Gasteiger partial charge is 0.480 e. The summed E-state index contributed by atoms with van der Waals surface area (Å²) in [5.74, 6) is -1.77. The average molecular weight is 306 g/mol. The number of aliphatic carboxylic acids is 1. The van der Waals surface area contributed by atoms with Crippen LogP contribution in [0.4, 0.5) is 4.39 Å². The van der Waals surface area contributed by atoms with Crippen molar-refractivity contribution in [1.29, 1.82) is 0 Å². The van der Waals surface area contributed by atoms with E-state index in [0.29, 0.717) is 30.7 Å². The van der Waals surface area contributed by atoms with E-state index in [1.165, 1.54) is 17.0 Å². The minimum absolute atomic E-state index is 0.213. The fraction of sp³-hybridized carbons (Fsp3) is 0.400. The number of benzene rings is 1. The summed E-state index contributed by atoms with van der Waals surface area (Å²) < 4.78 is 13.2. The van der Waals surface area contributed by atoms with Gasteiger partial charge in [-0.15, -0.1) is 0 Å². The fourth-order valence-corrected chi connectivity index (χ4v) is 2.82. The summed E-state index contributed by atoms with van der Waals surface area (Å²) in [6, 6.07) is 5.10. The van der Waals surface area contributed by atoms with Gasteiger partial charge in [0.1, 0.15) is 11.9 Å². The number of amides is 1. The number of carboxylic acids is 1. The van der Waals surface area contributed by atoms with Crippen LogP contribution in [0.3, 0.4) is 0 Å². The van der Waals surface area contributed by atoms with Crippen LogP contribution in [0.5, 0.6) is 0 Å². The van der Waals surface area contributed by atoms with Crippen LogP contribution in [0.1, 0.15) is 24.8 Å². The molecule has 2 unspecified atom stereocenters. The van der Waals surface area contributed by atoms with Crippen molar-refractivity contribution in [3.8, 4) is 0 Å². The Morgan fingerprint density at radius 1 is 1.41 bits per heavy atom. The van der Waals surface area contributed by atoms with Crippen molar-refractivity contribution in [3.05, 3.63) is 35.6 Å². The molecule has 22 heavy (non-hydrogen) atoms. The average Bonchev–Trinajstić information content (AvgIpc) is 3.16. The first-order chi connectivity index (χ1) is 10.6. The van der Waals surface area contributed by atoms with Gasteiger partial charge >= 0.3 is 5.97 Å². The molecule has 2 aliphatic rings. The second-order valence-corrected chi connectivity index (χ2v) is 5.37. The smallest absolute Gasteiger partial charge is 0.326 e. The molecule has 6 nitrogen and oxygen atoms in total. The highest BCUT2D eigenvalue weighted by Crippen LogP contribution is 2.24. The molecule has 0 aliphatic carbocycles. The van der Waals surface area contributed by atoms with Crippen LogP contribution in [-0.4, -0.2) is 46.3 Å². The molecule has 0 spiro atoms. The minimum Gasteiger partial charge on any atom is -0.480 e. The Morgan fingerprint density at radius 2 is 2.23 bits per heavy atom. The molecule has 1 saturated heterocycles. The van der Waals surface area contributed by atoms with E-state index in [1.54, 1.807) is 12.1 Å². The summed E-state index contributed by atoms with van der Waals surface area (Å²) in [4.78, 5) is 30.0. The Hall–Kier alpha value is -2.44. The third-order valence-corrected chi connectivity index (χ3v) is 3.92. The molecule has 2 heterocycles. The summed E-state index contributed by atoms with van der Waals surface area (Å²) in [5, 5.41) is 13.0. The van der Waals surface area contributed by atoms with Gasteiger partial charge in [-0.25, -0.2) is 9.18 Å². The van der Waals surface area contributed by atoms with Crippen molar-refractivity contribution in [3.63, 3.8) is 0 Å². The number of halogens is 1. The van der Waals surface area contributed by atoms with E-state index in [9.17, 15) is 14.0 Å². The molecule has 1 amide bonds. The Kier molecular flexibility index (Phi) is 3.79. The van der Waals surface area contributed by atoms with Crippen LogP contribution in [0.15, 0.2) is 29.4 Å². The maximum atomic E-state index is 13.2. The van der Waals surface area contributed by atoms with Gasteiger partial charge in [-0.2, -0.15) is 0 Å². The number of oxime groups is 1. The van der Waals surface area contributed by atoms with Gasteiger partial charge in [0.05, 0.1) is 5.71 Å². The molecule has 1 fully saturated rings. The van der Waals surface area contributed by atoms with Gasteiger partial charge in [-0.1, -0.05) is 17.3 Å². The standard InChI is InChI=1S/C15H15FN2O4/c16-10-4-1-3-9(7-10)11-8-13(22-17-11)14(19)18-6-2-5-12(18)15(20)21/h1,3-4,7,12-13H,2,5-6,8H2,(H,20,21). The number of carboxylic acid groups (broad SMARTS) is 1. The molecule has 7 heteroatoms. The summed E-state index contributed by atoms with van der Waals surface area (Å²) in [7, 11) is 0. The first kappa shape index (κ1) is 14.5. The SMILES string of the molecule is O=C(O)C1CCCN1C(=O)C1CC(c2cccc(F)c2)=NO1. The highest BCUT2D eigenvalue weighted by Gasteiger charge is 2.40. The third kappa shape index (κ3) is 2.66. The maximum absolute atomic E-state index is 13.2. The van der Waals surface area contributed by atoms with E-state index in [1.807, 2.05) is 0 Å². The van der Waals surface area contributed by atoms with E-state index in [4.69, 9.17) is 9.94 Å². The summed E-state index contributed by atoms with van der Waals surface area (Å²) in [5.41, 5.74) is 1.05. The highest BCUT2D eigenvalue weighted by atomic mass is 19.1. The second kappa shape index (κ2) is 5.75. The van der Waals surface area contributed by atoms with Crippen LogP contribution in [0.25, 0.3) is 0 Å². The molecule has 0 aromatic heterocycles. The van der Waals surface area contributed by atoms with E-state index >= 15 is 0 Å². The van der Waals surface area contributed by atoms with Crippen molar-refractivity contribution < 1.29 is 23.9 Å². The first-order valence-electron chi connectivity index (χ1n) is 7.08. The highest BCUT2D eigenvalue weighted by molar-refractivity contribution is 6.04. The molecule has 2 atom stereocenters. The number of nitrogens with zero attached hydrogens (tertiary/aromatic N) is 2. The summed E-state index contributed by atoms with van der Waals surface area (Å²) >= 11 is 0. The quantitative estimate of drug-likeness (QED) is 0.915. The molecule has 1 aromatic carbocycles. The lowest BCUT2D eigenvalue weighted by molar-refractivity contribution is -0.153. The third-order valence-electron chi connectivity index (χ3n) is 3.92. The Balaban J connectivity index is 1.69. The number of rotatable bonds is 3. The Bertz CT molecular complexity index is 646. The molecule has 0 saturated carbocycles. The molecule has 2 aliphatic heterocycles. The second-order valence-electron chi connectivity index (χ2n) is 5.37. The number of carbonyl (C=O) groups is 2. The van der Waals surface area contributed by atoms with Crippen molar-refractivity contribution in [2.75, 3.05) is 6.54 Å². The van der Waals surface area contributed by atoms with Crippen LogP contribution >= 0.6 is 0 Å². The van der Waals surface area contributed by atoms with Gasteiger partial charge in [-0.05, 0) is 25.0 Å². The van der Waals surface area contributed by atoms with Crippen molar-refractivity contribution in [2.24, 2.45) is 5.16 Å². The minimum atomic E-state index is -1.00. The zero-order valence-corrected chi connectivity index (χ0v) is 11.7. The normalized spacial score (nSPS) is 24.0. The van der Waals surface area contributed by atoms with Gasteiger partial charge in [-0.3, -0.25) is 4.79 Å². The van der Waals surface area contributed by atoms with Crippen molar-refractivity contribution in [2.45, 2.75) is 31.4 Å². The molecular formula is C15H15FN2O4. The lowest BCUT2D eigenvalue weighted by Gasteiger charge is -2.23. The van der Waals surface area contributed by atoms with Gasteiger partial charge in [0.25, 0.3) is 5.91 Å². The molecule has 0 radical (unpaired) electrons. The zero-order chi connectivity index (χ0) is 15.7. The van der Waals surface area contributed by atoms with Crippen molar-refractivity contribution in [1.82, 2.24) is 4.90 Å². The monoisotopic (exact) mass is 306 g/mol. The molecule has 1 N–H and O–H groups in total. The van der Waals surface area contributed by atoms with Crippen LogP contribution < -0.4 is 0 Å². The number of hydrogen-bond acceptors (Lipinski definition) is 4. The lowest BCUT2D eigenvalue weighted by Crippen LogP contribution is -2.45. The molecule has 116 valence electrons. The first-order valence-corrected chi connectivity index (χ1v) is 7.08. The van der Waals surface area contributed by atoms with E-state index < -0.39 is 18.1 Å². The fourth-order valence-electron chi connectivity index (χ4n) is 2.82. The Morgan fingerprint density at radius 3 is 2.95 bits per heavy atom. The van der Waals surface area contributed by atoms with Gasteiger partial charge in [0.2, 0.25) is 6.10 Å². The maximum Gasteiger partial charge on any atom is 0.326 e. The van der Waals surface area contributed by atoms with Crippen LogP contribution in [0.2, 0.25) is 0 Å². The number of hydrogen-bond donors (Lipinski definition) is 1. The van der Waals surface area contributed by atoms with Crippen LogP contribution in [-0.2, 0) is 14.4 Å². The summed E-state index contributed by atoms with van der Waals surface area (Å²) in [6.45, 7) is 0.408. The predicted molar refractivity (Wildman–Crippen MR) is 74.8 cm³/mol. The molecule has 0 bridgehead atoms. The van der Waals surface area contributed by atoms with Crippen LogP contribution in [0, 0.1) is 5.82 Å². The van der Waals surface area contributed by atoms with E-state index in [-0.39, 0.29) is 18.1 Å². The van der Waals surface area contributed by atoms with Gasteiger partial charge in [0.15, 0.2) is 0 Å². The lowest BCUT2D eigenvalue weighted by atomic mass is 10.0. The number of carbonyl (C=O) groups excluding carboxylic acids is 1. The zero-order valence-electron chi connectivity index (χ0n) is 11.7.